The number of halogens is 1. The minimum Gasteiger partial charge on any atom is -0.478 e. The van der Waals surface area contributed by atoms with Crippen LogP contribution >= 0.6 is 21.2 Å². The number of rotatable bonds is 2. The minimum atomic E-state index is -1.44. The molecule has 0 saturated heterocycles. The number of hydrogen-bond acceptors (Lipinski definition) is 2. The first-order valence-corrected chi connectivity index (χ1v) is 6.48. The van der Waals surface area contributed by atoms with E-state index in [1.807, 2.05) is 20.8 Å². The van der Waals surface area contributed by atoms with E-state index in [0.29, 0.717) is 3.57 Å². The van der Waals surface area contributed by atoms with Gasteiger partial charge >= 0.3 is 5.97 Å². The third-order valence-corrected chi connectivity index (χ3v) is 4.69. The van der Waals surface area contributed by atoms with Crippen molar-refractivity contribution in [2.24, 2.45) is 0 Å². The van der Waals surface area contributed by atoms with E-state index < -0.39 is 27.2 Å². The highest BCUT2D eigenvalue weighted by Crippen LogP contribution is 2.29. The summed E-state index contributed by atoms with van der Waals surface area (Å²) in [6, 6.07) is 0. The molecule has 1 aromatic carbocycles. The lowest BCUT2D eigenvalue weighted by atomic mass is 9.95. The van der Waals surface area contributed by atoms with Gasteiger partial charge in [-0.3, -0.25) is 3.07 Å². The Kier molecular flexibility index (Phi) is 3.59. The third kappa shape index (κ3) is 1.95. The van der Waals surface area contributed by atoms with E-state index in [-0.39, 0.29) is 5.56 Å². The summed E-state index contributed by atoms with van der Waals surface area (Å²) in [5.41, 5.74) is 3.85. The van der Waals surface area contributed by atoms with Crippen LogP contribution in [0.4, 0.5) is 0 Å². The van der Waals surface area contributed by atoms with Crippen LogP contribution in [0.1, 0.15) is 32.6 Å². The lowest BCUT2D eigenvalue weighted by molar-refractivity contribution is 0.0694. The normalized spacial score (nSPS) is 10.4. The Hall–Kier alpha value is -0.780. The van der Waals surface area contributed by atoms with Crippen LogP contribution in [0.2, 0.25) is 0 Å². The number of benzene rings is 1. The highest BCUT2D eigenvalue weighted by atomic mass is 127. The largest absolute Gasteiger partial charge is 0.478 e. The molecule has 1 N–H and O–H groups in total. The molecule has 0 bridgehead atoms. The SMILES string of the molecule is Cc1c(C)c(C)c(C(=O)O)c(I=O)c1C. The molecule has 1 rings (SSSR count). The average Bonchev–Trinajstić information content (AvgIpc) is 2.19. The second-order valence-corrected chi connectivity index (χ2v) is 5.09. The summed E-state index contributed by atoms with van der Waals surface area (Å²) in [4.78, 5) is 11.1. The van der Waals surface area contributed by atoms with Crippen LogP contribution in [0.5, 0.6) is 0 Å². The lowest BCUT2D eigenvalue weighted by Crippen LogP contribution is -2.08. The van der Waals surface area contributed by atoms with Crippen LogP contribution in [-0.4, -0.2) is 11.1 Å². The highest BCUT2D eigenvalue weighted by molar-refractivity contribution is 14.1. The molecule has 0 saturated carbocycles. The molecule has 0 amide bonds. The van der Waals surface area contributed by atoms with Gasteiger partial charge in [0.25, 0.3) is 0 Å². The first kappa shape index (κ1) is 12.3. The summed E-state index contributed by atoms with van der Waals surface area (Å²) in [6.07, 6.45) is 0. The van der Waals surface area contributed by atoms with Gasteiger partial charge in [0.05, 0.1) is 9.13 Å². The van der Waals surface area contributed by atoms with E-state index in [9.17, 15) is 7.86 Å². The quantitative estimate of drug-likeness (QED) is 0.852. The molecule has 1 aromatic rings. The maximum atomic E-state index is 11.1. The maximum Gasteiger partial charge on any atom is 0.337 e. The van der Waals surface area contributed by atoms with Gasteiger partial charge in [-0.1, -0.05) is 0 Å². The zero-order chi connectivity index (χ0) is 11.7. The lowest BCUT2D eigenvalue weighted by Gasteiger charge is -2.14. The predicted octanol–water partition coefficient (Wildman–Crippen LogP) is 3.10. The Labute approximate surface area is 99.1 Å². The van der Waals surface area contributed by atoms with E-state index in [1.165, 1.54) is 0 Å². The van der Waals surface area contributed by atoms with Crippen molar-refractivity contribution in [3.8, 4) is 0 Å². The monoisotopic (exact) mass is 320 g/mol. The summed E-state index contributed by atoms with van der Waals surface area (Å²) < 4.78 is 11.7. The van der Waals surface area contributed by atoms with E-state index >= 15 is 0 Å². The number of carboxylic acids is 1. The van der Waals surface area contributed by atoms with Gasteiger partial charge in [-0.25, -0.2) is 4.79 Å². The Morgan fingerprint density at radius 2 is 1.47 bits per heavy atom. The Balaban J connectivity index is 3.78. The minimum absolute atomic E-state index is 0.235. The summed E-state index contributed by atoms with van der Waals surface area (Å²) in [5.74, 6) is -0.982. The van der Waals surface area contributed by atoms with Gasteiger partial charge in [-0.2, -0.15) is 0 Å². The Morgan fingerprint density at radius 3 is 1.87 bits per heavy atom. The van der Waals surface area contributed by atoms with Crippen LogP contribution in [0, 0.1) is 31.3 Å². The summed E-state index contributed by atoms with van der Waals surface area (Å²) in [6.45, 7) is 7.44. The molecular weight excluding hydrogens is 307 g/mol. The molecule has 0 radical (unpaired) electrons. The molecule has 0 aliphatic heterocycles. The van der Waals surface area contributed by atoms with Gasteiger partial charge in [-0.05, 0) is 49.9 Å². The van der Waals surface area contributed by atoms with Crippen LogP contribution in [0.25, 0.3) is 0 Å². The topological polar surface area (TPSA) is 54.4 Å². The van der Waals surface area contributed by atoms with Crippen LogP contribution in [0.3, 0.4) is 0 Å². The number of carboxylic acid groups (broad SMARTS) is 1. The summed E-state index contributed by atoms with van der Waals surface area (Å²) >= 11 is -1.44. The first-order valence-electron chi connectivity index (χ1n) is 4.52. The first-order chi connectivity index (χ1) is 6.91. The second-order valence-electron chi connectivity index (χ2n) is 3.57. The van der Waals surface area contributed by atoms with Crippen molar-refractivity contribution in [1.82, 2.24) is 0 Å². The van der Waals surface area contributed by atoms with Gasteiger partial charge in [0, 0.05) is 0 Å². The van der Waals surface area contributed by atoms with Crippen molar-refractivity contribution in [3.05, 3.63) is 31.4 Å². The fourth-order valence-corrected chi connectivity index (χ4v) is 3.21. The molecule has 3 nitrogen and oxygen atoms in total. The van der Waals surface area contributed by atoms with Gasteiger partial charge in [-0.15, -0.1) is 0 Å². The predicted molar refractivity (Wildman–Crippen MR) is 65.8 cm³/mol. The Morgan fingerprint density at radius 1 is 1.00 bits per heavy atom. The standard InChI is InChI=1S/C11H13IO3/c1-5-6(2)8(4)10(12-15)9(7(5)3)11(13)14/h1-4H3,(H,13,14). The third-order valence-electron chi connectivity index (χ3n) is 2.90. The van der Waals surface area contributed by atoms with E-state index in [4.69, 9.17) is 5.11 Å². The van der Waals surface area contributed by atoms with E-state index in [0.717, 1.165) is 22.3 Å². The molecule has 15 heavy (non-hydrogen) atoms. The second kappa shape index (κ2) is 4.38. The van der Waals surface area contributed by atoms with Crippen LogP contribution in [-0.2, 0) is 3.07 Å². The Bertz CT molecular complexity index is 450. The molecule has 0 atom stereocenters. The van der Waals surface area contributed by atoms with Crippen LogP contribution in [0.15, 0.2) is 0 Å². The average molecular weight is 320 g/mol. The molecule has 4 heteroatoms. The molecule has 82 valence electrons. The van der Waals surface area contributed by atoms with Crippen molar-refractivity contribution in [3.63, 3.8) is 0 Å². The van der Waals surface area contributed by atoms with Crippen molar-refractivity contribution in [2.45, 2.75) is 27.7 Å². The van der Waals surface area contributed by atoms with E-state index in [1.54, 1.807) is 6.92 Å². The fraction of sp³-hybridized carbons (Fsp3) is 0.364. The summed E-state index contributed by atoms with van der Waals surface area (Å²) in [5, 5.41) is 9.10. The molecule has 0 unspecified atom stereocenters. The number of aromatic carboxylic acids is 1. The molecule has 0 aliphatic rings. The van der Waals surface area contributed by atoms with Crippen molar-refractivity contribution >= 4 is 27.2 Å². The van der Waals surface area contributed by atoms with Gasteiger partial charge in [0.2, 0.25) is 0 Å². The summed E-state index contributed by atoms with van der Waals surface area (Å²) in [7, 11) is 0. The van der Waals surface area contributed by atoms with E-state index in [2.05, 4.69) is 0 Å². The number of carbonyl (C=O) groups is 1. The van der Waals surface area contributed by atoms with Crippen molar-refractivity contribution in [1.29, 1.82) is 0 Å². The van der Waals surface area contributed by atoms with Crippen molar-refractivity contribution < 1.29 is 13.0 Å². The molecule has 0 aromatic heterocycles. The maximum absolute atomic E-state index is 11.1. The molecule has 0 fully saturated rings. The molecule has 0 heterocycles. The fourth-order valence-electron chi connectivity index (χ4n) is 1.62. The highest BCUT2D eigenvalue weighted by Gasteiger charge is 2.20. The molecule has 0 aliphatic carbocycles. The van der Waals surface area contributed by atoms with Crippen LogP contribution < -0.4 is 0 Å². The molecular formula is C11H13IO3. The number of hydrogen-bond donors (Lipinski definition) is 1. The van der Waals surface area contributed by atoms with Gasteiger partial charge in [0.15, 0.2) is 21.2 Å². The smallest absolute Gasteiger partial charge is 0.337 e. The zero-order valence-electron chi connectivity index (χ0n) is 9.14. The van der Waals surface area contributed by atoms with Gasteiger partial charge < -0.3 is 5.11 Å². The zero-order valence-corrected chi connectivity index (χ0v) is 11.3. The van der Waals surface area contributed by atoms with Gasteiger partial charge in [0.1, 0.15) is 0 Å². The molecule has 0 spiro atoms. The van der Waals surface area contributed by atoms with Crippen molar-refractivity contribution in [2.75, 3.05) is 0 Å².